The van der Waals surface area contributed by atoms with Crippen molar-refractivity contribution in [1.82, 2.24) is 14.5 Å². The van der Waals surface area contributed by atoms with Crippen LogP contribution in [0.15, 0.2) is 65.6 Å². The second kappa shape index (κ2) is 8.37. The third kappa shape index (κ3) is 3.99. The van der Waals surface area contributed by atoms with Gasteiger partial charge >= 0.3 is 0 Å². The van der Waals surface area contributed by atoms with Gasteiger partial charge in [-0.3, -0.25) is 0 Å². The maximum atomic E-state index is 13.7. The van der Waals surface area contributed by atoms with Crippen molar-refractivity contribution in [2.75, 3.05) is 38.2 Å². The highest BCUT2D eigenvalue weighted by atomic mass is 32.2. The fourth-order valence-electron chi connectivity index (χ4n) is 3.41. The number of benzene rings is 2. The monoisotopic (exact) mass is 428 g/mol. The standard InChI is InChI=1S/C21H21FN4O3S/c1-29-19-9-7-17(22)15-20(19)30(27,28)26-13-11-25(12-14-26)21-10-8-18(23-24-21)16-5-3-2-4-6-16/h2-10,15H,11-14H2,1H3. The molecule has 0 bridgehead atoms. The molecule has 0 N–H and O–H groups in total. The molecule has 1 aliphatic rings. The van der Waals surface area contributed by atoms with E-state index in [0.29, 0.717) is 18.9 Å². The molecule has 0 aliphatic carbocycles. The third-order valence-electron chi connectivity index (χ3n) is 5.03. The Kier molecular flexibility index (Phi) is 5.65. The molecule has 2 aromatic carbocycles. The largest absolute Gasteiger partial charge is 0.495 e. The number of hydrogen-bond acceptors (Lipinski definition) is 6. The highest BCUT2D eigenvalue weighted by Gasteiger charge is 2.31. The van der Waals surface area contributed by atoms with Crippen molar-refractivity contribution in [2.45, 2.75) is 4.90 Å². The first-order chi connectivity index (χ1) is 14.5. The first-order valence-electron chi connectivity index (χ1n) is 9.47. The van der Waals surface area contributed by atoms with Gasteiger partial charge in [0, 0.05) is 31.7 Å². The van der Waals surface area contributed by atoms with Crippen LogP contribution < -0.4 is 9.64 Å². The Morgan fingerprint density at radius 3 is 2.30 bits per heavy atom. The molecule has 9 heteroatoms. The Labute approximate surface area is 174 Å². The van der Waals surface area contributed by atoms with Crippen LogP contribution in [0.1, 0.15) is 0 Å². The Morgan fingerprint density at radius 1 is 0.933 bits per heavy atom. The molecule has 2 heterocycles. The molecule has 0 radical (unpaired) electrons. The molecule has 7 nitrogen and oxygen atoms in total. The number of sulfonamides is 1. The number of aromatic nitrogens is 2. The van der Waals surface area contributed by atoms with Crippen molar-refractivity contribution >= 4 is 15.8 Å². The molecule has 1 fully saturated rings. The predicted octanol–water partition coefficient (Wildman–Crippen LogP) is 2.80. The number of hydrogen-bond donors (Lipinski definition) is 0. The molecule has 4 rings (SSSR count). The van der Waals surface area contributed by atoms with Gasteiger partial charge in [0.25, 0.3) is 0 Å². The summed E-state index contributed by atoms with van der Waals surface area (Å²) in [6.07, 6.45) is 0. The molecular weight excluding hydrogens is 407 g/mol. The molecule has 0 atom stereocenters. The van der Waals surface area contributed by atoms with Crippen LogP contribution in [0.4, 0.5) is 10.2 Å². The summed E-state index contributed by atoms with van der Waals surface area (Å²) in [4.78, 5) is 1.82. The van der Waals surface area contributed by atoms with Gasteiger partial charge in [0.15, 0.2) is 5.82 Å². The molecule has 30 heavy (non-hydrogen) atoms. The lowest BCUT2D eigenvalue weighted by Crippen LogP contribution is -2.49. The molecule has 156 valence electrons. The summed E-state index contributed by atoms with van der Waals surface area (Å²) in [6.45, 7) is 1.42. The van der Waals surface area contributed by atoms with E-state index in [9.17, 15) is 12.8 Å². The highest BCUT2D eigenvalue weighted by Crippen LogP contribution is 2.28. The van der Waals surface area contributed by atoms with Crippen molar-refractivity contribution < 1.29 is 17.5 Å². The van der Waals surface area contributed by atoms with E-state index >= 15 is 0 Å². The van der Waals surface area contributed by atoms with Gasteiger partial charge in [-0.25, -0.2) is 12.8 Å². The number of nitrogens with zero attached hydrogens (tertiary/aromatic N) is 4. The van der Waals surface area contributed by atoms with E-state index in [2.05, 4.69) is 10.2 Å². The van der Waals surface area contributed by atoms with Crippen molar-refractivity contribution in [3.63, 3.8) is 0 Å². The highest BCUT2D eigenvalue weighted by molar-refractivity contribution is 7.89. The average Bonchev–Trinajstić information content (AvgIpc) is 2.80. The van der Waals surface area contributed by atoms with E-state index in [-0.39, 0.29) is 23.7 Å². The van der Waals surface area contributed by atoms with Crippen LogP contribution in [0.5, 0.6) is 5.75 Å². The molecule has 3 aromatic rings. The maximum Gasteiger partial charge on any atom is 0.246 e. The number of rotatable bonds is 5. The minimum absolute atomic E-state index is 0.126. The summed E-state index contributed by atoms with van der Waals surface area (Å²) < 4.78 is 46.1. The summed E-state index contributed by atoms with van der Waals surface area (Å²) in [5, 5.41) is 8.59. The van der Waals surface area contributed by atoms with Crippen LogP contribution >= 0.6 is 0 Å². The summed E-state index contributed by atoms with van der Waals surface area (Å²) in [5.74, 6) is 0.193. The zero-order valence-corrected chi connectivity index (χ0v) is 17.2. The van der Waals surface area contributed by atoms with Gasteiger partial charge in [0.1, 0.15) is 16.5 Å². The minimum atomic E-state index is -3.87. The van der Waals surface area contributed by atoms with Gasteiger partial charge in [-0.2, -0.15) is 4.31 Å². The molecule has 0 spiro atoms. The molecule has 0 saturated carbocycles. The van der Waals surface area contributed by atoms with Crippen molar-refractivity contribution in [3.8, 4) is 17.0 Å². The third-order valence-corrected chi connectivity index (χ3v) is 6.95. The van der Waals surface area contributed by atoms with Gasteiger partial charge in [-0.05, 0) is 30.3 Å². The van der Waals surface area contributed by atoms with Gasteiger partial charge in [0.2, 0.25) is 10.0 Å². The summed E-state index contributed by atoms with van der Waals surface area (Å²) in [6, 6.07) is 17.0. The molecule has 1 aromatic heterocycles. The van der Waals surface area contributed by atoms with Crippen LogP contribution in [0.25, 0.3) is 11.3 Å². The van der Waals surface area contributed by atoms with E-state index in [0.717, 1.165) is 17.3 Å². The topological polar surface area (TPSA) is 75.6 Å². The summed E-state index contributed by atoms with van der Waals surface area (Å²) >= 11 is 0. The number of anilines is 1. The number of halogens is 1. The van der Waals surface area contributed by atoms with Gasteiger partial charge in [0.05, 0.1) is 12.8 Å². The van der Waals surface area contributed by atoms with Gasteiger partial charge in [-0.15, -0.1) is 10.2 Å². The van der Waals surface area contributed by atoms with Crippen molar-refractivity contribution in [2.24, 2.45) is 0 Å². The Balaban J connectivity index is 1.47. The second-order valence-corrected chi connectivity index (χ2v) is 8.74. The van der Waals surface area contributed by atoms with Crippen LogP contribution in [0.3, 0.4) is 0 Å². The number of ether oxygens (including phenoxy) is 1. The van der Waals surface area contributed by atoms with E-state index in [1.807, 2.05) is 47.4 Å². The Morgan fingerprint density at radius 2 is 1.67 bits per heavy atom. The molecule has 1 aliphatic heterocycles. The van der Waals surface area contributed by atoms with E-state index in [1.54, 1.807) is 0 Å². The smallest absolute Gasteiger partial charge is 0.246 e. The SMILES string of the molecule is COc1ccc(F)cc1S(=O)(=O)N1CCN(c2ccc(-c3ccccc3)nn2)CC1. The normalized spacial score (nSPS) is 15.2. The predicted molar refractivity (Wildman–Crippen MR) is 111 cm³/mol. The lowest BCUT2D eigenvalue weighted by molar-refractivity contribution is 0.372. The zero-order chi connectivity index (χ0) is 21.1. The first kappa shape index (κ1) is 20.2. The summed E-state index contributed by atoms with van der Waals surface area (Å²) in [7, 11) is -2.51. The first-order valence-corrected chi connectivity index (χ1v) is 10.9. The lowest BCUT2D eigenvalue weighted by atomic mass is 10.1. The molecular formula is C21H21FN4O3S. The fraction of sp³-hybridized carbons (Fsp3) is 0.238. The van der Waals surface area contributed by atoms with E-state index in [1.165, 1.54) is 23.5 Å². The van der Waals surface area contributed by atoms with Crippen LogP contribution in [0, 0.1) is 5.82 Å². The number of piperazine rings is 1. The van der Waals surface area contributed by atoms with Crippen LogP contribution in [0.2, 0.25) is 0 Å². The van der Waals surface area contributed by atoms with Crippen LogP contribution in [-0.4, -0.2) is 56.2 Å². The van der Waals surface area contributed by atoms with Gasteiger partial charge in [-0.1, -0.05) is 30.3 Å². The quantitative estimate of drug-likeness (QED) is 0.622. The fourth-order valence-corrected chi connectivity index (χ4v) is 4.99. The Hall–Kier alpha value is -3.04. The molecule has 0 unspecified atom stereocenters. The van der Waals surface area contributed by atoms with Crippen molar-refractivity contribution in [1.29, 1.82) is 0 Å². The summed E-state index contributed by atoms with van der Waals surface area (Å²) in [5.41, 5.74) is 1.76. The van der Waals surface area contributed by atoms with Crippen LogP contribution in [-0.2, 0) is 10.0 Å². The van der Waals surface area contributed by atoms with Crippen molar-refractivity contribution in [3.05, 3.63) is 66.5 Å². The van der Waals surface area contributed by atoms with E-state index in [4.69, 9.17) is 4.74 Å². The van der Waals surface area contributed by atoms with E-state index < -0.39 is 15.8 Å². The Bertz CT molecular complexity index is 1120. The zero-order valence-electron chi connectivity index (χ0n) is 16.4. The molecule has 0 amide bonds. The lowest BCUT2D eigenvalue weighted by Gasteiger charge is -2.34. The minimum Gasteiger partial charge on any atom is -0.495 e. The van der Waals surface area contributed by atoms with Gasteiger partial charge < -0.3 is 9.64 Å². The second-order valence-electron chi connectivity index (χ2n) is 6.83. The number of methoxy groups -OCH3 is 1. The maximum absolute atomic E-state index is 13.7. The average molecular weight is 428 g/mol. The molecule has 1 saturated heterocycles.